The Kier molecular flexibility index (Phi) is 7.35. The maximum atomic E-state index is 13.3. The van der Waals surface area contributed by atoms with Crippen LogP contribution < -0.4 is 19.1 Å². The lowest BCUT2D eigenvalue weighted by Crippen LogP contribution is -2.54. The minimum Gasteiger partial charge on any atom is -0.493 e. The molecule has 4 amide bonds. The van der Waals surface area contributed by atoms with Crippen molar-refractivity contribution in [3.63, 3.8) is 0 Å². The fraction of sp³-hybridized carbons (Fsp3) is 0.0417. The van der Waals surface area contributed by atoms with E-state index in [0.717, 1.165) is 12.1 Å². The summed E-state index contributed by atoms with van der Waals surface area (Å²) in [4.78, 5) is 38.4. The van der Waals surface area contributed by atoms with Gasteiger partial charge in [-0.25, -0.2) is 14.1 Å². The van der Waals surface area contributed by atoms with E-state index in [0.29, 0.717) is 9.92 Å². The van der Waals surface area contributed by atoms with Crippen molar-refractivity contribution in [2.75, 3.05) is 12.0 Å². The Morgan fingerprint density at radius 3 is 2.30 bits per heavy atom. The summed E-state index contributed by atoms with van der Waals surface area (Å²) in [5, 5.41) is 2.40. The molecule has 4 rings (SSSR count). The lowest BCUT2D eigenvalue weighted by molar-refractivity contribution is -0.122. The van der Waals surface area contributed by atoms with Crippen LogP contribution in [0.3, 0.4) is 0 Å². The molecule has 0 radical (unpaired) electrons. The first-order valence-electron chi connectivity index (χ1n) is 10.2. The van der Waals surface area contributed by atoms with Gasteiger partial charge >= 0.3 is 16.1 Å². The number of ether oxygens (including phenoxy) is 1. The van der Waals surface area contributed by atoms with Gasteiger partial charge in [0.15, 0.2) is 11.5 Å². The molecule has 1 fully saturated rings. The van der Waals surface area contributed by atoms with Crippen LogP contribution in [0.4, 0.5) is 14.9 Å². The molecule has 0 bridgehead atoms. The number of imide groups is 2. The molecule has 1 N–H and O–H groups in total. The number of nitrogens with one attached hydrogen (secondary N) is 1. The number of urea groups is 1. The van der Waals surface area contributed by atoms with E-state index in [-0.39, 0.29) is 32.1 Å². The van der Waals surface area contributed by atoms with E-state index in [9.17, 15) is 27.2 Å². The van der Waals surface area contributed by atoms with Gasteiger partial charge in [-0.3, -0.25) is 14.9 Å². The molecule has 9 nitrogen and oxygen atoms in total. The van der Waals surface area contributed by atoms with Crippen LogP contribution in [-0.4, -0.2) is 33.4 Å². The number of hydrogen-bond acceptors (Lipinski definition) is 7. The van der Waals surface area contributed by atoms with Crippen LogP contribution in [0.5, 0.6) is 11.5 Å². The Morgan fingerprint density at radius 1 is 1.03 bits per heavy atom. The number of rotatable bonds is 6. The highest BCUT2D eigenvalue weighted by Gasteiger charge is 2.37. The van der Waals surface area contributed by atoms with E-state index in [1.165, 1.54) is 61.7 Å². The number of anilines is 1. The third-order valence-electron chi connectivity index (χ3n) is 5.04. The second-order valence-electron chi connectivity index (χ2n) is 7.46. The van der Waals surface area contributed by atoms with Gasteiger partial charge < -0.3 is 8.92 Å². The second-order valence-corrected chi connectivity index (χ2v) is 10.3. The average Bonchev–Trinajstić information content (AvgIpc) is 2.84. The van der Waals surface area contributed by atoms with Gasteiger partial charge in [-0.15, -0.1) is 0 Å². The molecule has 1 heterocycles. The van der Waals surface area contributed by atoms with E-state index < -0.39 is 39.4 Å². The van der Waals surface area contributed by atoms with Crippen LogP contribution in [0.15, 0.2) is 75.6 Å². The number of halogens is 3. The highest BCUT2D eigenvalue weighted by Crippen LogP contribution is 2.39. The number of methoxy groups -OCH3 is 1. The molecule has 1 saturated heterocycles. The number of hydrogen-bond donors (Lipinski definition) is 1. The van der Waals surface area contributed by atoms with Gasteiger partial charge in [0.1, 0.15) is 16.3 Å². The SMILES string of the molecule is COc1cc(/C=C2\C(=O)NC(=O)N(c3ccc(F)cc3)C2=O)cc(Br)c1OS(=O)(=O)c1ccc(Cl)cc1. The Balaban J connectivity index is 1.69. The summed E-state index contributed by atoms with van der Waals surface area (Å²) in [6, 6.07) is 11.6. The Labute approximate surface area is 223 Å². The normalized spacial score (nSPS) is 15.1. The summed E-state index contributed by atoms with van der Waals surface area (Å²) in [6.45, 7) is 0. The zero-order valence-corrected chi connectivity index (χ0v) is 21.9. The maximum Gasteiger partial charge on any atom is 0.339 e. The van der Waals surface area contributed by atoms with Crippen molar-refractivity contribution >= 4 is 67.3 Å². The average molecular weight is 610 g/mol. The summed E-state index contributed by atoms with van der Waals surface area (Å²) in [5.74, 6) is -2.68. The van der Waals surface area contributed by atoms with Crippen LogP contribution in [0, 0.1) is 5.82 Å². The van der Waals surface area contributed by atoms with Crippen molar-refractivity contribution in [2.24, 2.45) is 0 Å². The number of nitrogens with zero attached hydrogens (tertiary/aromatic N) is 1. The monoisotopic (exact) mass is 608 g/mol. The smallest absolute Gasteiger partial charge is 0.339 e. The molecule has 3 aromatic carbocycles. The van der Waals surface area contributed by atoms with Crippen LogP contribution in [0.25, 0.3) is 6.08 Å². The highest BCUT2D eigenvalue weighted by atomic mass is 79.9. The number of benzene rings is 3. The molecule has 0 spiro atoms. The van der Waals surface area contributed by atoms with Crippen molar-refractivity contribution in [1.29, 1.82) is 0 Å². The fourth-order valence-electron chi connectivity index (χ4n) is 3.31. The lowest BCUT2D eigenvalue weighted by Gasteiger charge is -2.26. The molecule has 1 aliphatic rings. The molecule has 37 heavy (non-hydrogen) atoms. The van der Waals surface area contributed by atoms with Crippen LogP contribution >= 0.6 is 27.5 Å². The van der Waals surface area contributed by atoms with E-state index >= 15 is 0 Å². The molecule has 13 heteroatoms. The third-order valence-corrected chi connectivity index (χ3v) is 7.12. The molecule has 0 atom stereocenters. The van der Waals surface area contributed by atoms with Crippen molar-refractivity contribution in [3.05, 3.63) is 87.1 Å². The van der Waals surface area contributed by atoms with Crippen molar-refractivity contribution in [1.82, 2.24) is 5.32 Å². The highest BCUT2D eigenvalue weighted by molar-refractivity contribution is 9.10. The minimum atomic E-state index is -4.26. The van der Waals surface area contributed by atoms with Crippen LogP contribution in [0.1, 0.15) is 5.56 Å². The predicted octanol–water partition coefficient (Wildman–Crippen LogP) is 4.68. The first-order chi connectivity index (χ1) is 17.5. The van der Waals surface area contributed by atoms with Crippen LogP contribution in [0.2, 0.25) is 5.02 Å². The van der Waals surface area contributed by atoms with Crippen LogP contribution in [-0.2, 0) is 19.7 Å². The zero-order valence-electron chi connectivity index (χ0n) is 18.7. The zero-order chi connectivity index (χ0) is 26.9. The summed E-state index contributed by atoms with van der Waals surface area (Å²) < 4.78 is 49.4. The summed E-state index contributed by atoms with van der Waals surface area (Å²) in [5.41, 5.74) is -0.107. The third kappa shape index (κ3) is 5.50. The van der Waals surface area contributed by atoms with Gasteiger partial charge in [0.25, 0.3) is 11.8 Å². The lowest BCUT2D eigenvalue weighted by atomic mass is 10.1. The first kappa shape index (κ1) is 26.3. The molecule has 1 aliphatic heterocycles. The summed E-state index contributed by atoms with van der Waals surface area (Å²) >= 11 is 9.04. The van der Waals surface area contributed by atoms with Gasteiger partial charge in [-0.05, 0) is 88.2 Å². The Hall–Kier alpha value is -3.74. The van der Waals surface area contributed by atoms with E-state index in [1.807, 2.05) is 0 Å². The molecule has 190 valence electrons. The predicted molar refractivity (Wildman–Crippen MR) is 135 cm³/mol. The standard InChI is InChI=1S/C24H15BrClFN2O7S/c1-35-20-12-13(11-19(25)21(20)36-37(33,34)17-8-2-14(26)3-9-17)10-18-22(30)28-24(32)29(23(18)31)16-6-4-15(27)5-7-16/h2-12H,1H3,(H,28,30,32)/b18-10+. The molecular weight excluding hydrogens is 595 g/mol. The first-order valence-corrected chi connectivity index (χ1v) is 12.8. The molecule has 0 saturated carbocycles. The van der Waals surface area contributed by atoms with Gasteiger partial charge in [0.05, 0.1) is 17.3 Å². The van der Waals surface area contributed by atoms with Crippen molar-refractivity contribution in [2.45, 2.75) is 4.90 Å². The van der Waals surface area contributed by atoms with E-state index in [2.05, 4.69) is 21.2 Å². The maximum absolute atomic E-state index is 13.3. The summed E-state index contributed by atoms with van der Waals surface area (Å²) in [7, 11) is -2.99. The Morgan fingerprint density at radius 2 is 1.68 bits per heavy atom. The second kappa shape index (κ2) is 10.3. The van der Waals surface area contributed by atoms with Gasteiger partial charge in [0.2, 0.25) is 0 Å². The number of carbonyl (C=O) groups excluding carboxylic acids is 3. The van der Waals surface area contributed by atoms with Gasteiger partial charge in [-0.2, -0.15) is 8.42 Å². The van der Waals surface area contributed by atoms with Crippen molar-refractivity contribution in [3.8, 4) is 11.5 Å². The van der Waals surface area contributed by atoms with Gasteiger partial charge in [-0.1, -0.05) is 11.6 Å². The topological polar surface area (TPSA) is 119 Å². The van der Waals surface area contributed by atoms with E-state index in [1.54, 1.807) is 0 Å². The molecule has 3 aromatic rings. The minimum absolute atomic E-state index is 0.0334. The summed E-state index contributed by atoms with van der Waals surface area (Å²) in [6.07, 6.45) is 1.19. The fourth-order valence-corrected chi connectivity index (χ4v) is 5.04. The number of amides is 4. The molecular formula is C24H15BrClFN2O7S. The number of barbiturate groups is 1. The molecule has 0 aromatic heterocycles. The largest absolute Gasteiger partial charge is 0.493 e. The van der Waals surface area contributed by atoms with Gasteiger partial charge in [0, 0.05) is 5.02 Å². The van der Waals surface area contributed by atoms with E-state index in [4.69, 9.17) is 20.5 Å². The Bertz CT molecular complexity index is 1560. The quantitative estimate of drug-likeness (QED) is 0.245. The molecule has 0 aliphatic carbocycles. The number of carbonyl (C=O) groups is 3. The van der Waals surface area contributed by atoms with Crippen molar-refractivity contribution < 1.29 is 36.1 Å². The molecule has 0 unspecified atom stereocenters.